The predicted octanol–water partition coefficient (Wildman–Crippen LogP) is 3.17. The second-order valence-electron chi connectivity index (χ2n) is 5.62. The van der Waals surface area contributed by atoms with Crippen LogP contribution in [0.5, 0.6) is 0 Å². The molecule has 0 aromatic heterocycles. The van der Waals surface area contributed by atoms with Crippen LogP contribution in [0.4, 0.5) is 0 Å². The smallest absolute Gasteiger partial charge is 0.0360 e. The predicted molar refractivity (Wildman–Crippen MR) is 77.8 cm³/mol. The molecule has 1 aliphatic heterocycles. The molecule has 0 N–H and O–H groups in total. The van der Waals surface area contributed by atoms with Gasteiger partial charge in [0.2, 0.25) is 0 Å². The molecular weight excluding hydrogens is 220 g/mol. The van der Waals surface area contributed by atoms with Gasteiger partial charge in [0.25, 0.3) is 0 Å². The summed E-state index contributed by atoms with van der Waals surface area (Å²) in [6, 6.07) is 11.6. The fourth-order valence-corrected chi connectivity index (χ4v) is 2.85. The molecule has 2 heteroatoms. The van der Waals surface area contributed by atoms with Crippen molar-refractivity contribution in [1.29, 1.82) is 0 Å². The third-order valence-corrected chi connectivity index (χ3v) is 3.87. The van der Waals surface area contributed by atoms with Gasteiger partial charge in [0, 0.05) is 6.04 Å². The van der Waals surface area contributed by atoms with Gasteiger partial charge in [0.05, 0.1) is 0 Å². The number of nitrogens with zero attached hydrogens (tertiary/aromatic N) is 2. The molecule has 1 atom stereocenters. The van der Waals surface area contributed by atoms with Crippen molar-refractivity contribution in [3.05, 3.63) is 35.9 Å². The monoisotopic (exact) mass is 246 g/mol. The van der Waals surface area contributed by atoms with E-state index in [1.54, 1.807) is 0 Å². The fraction of sp³-hybridized carbons (Fsp3) is 0.625. The molecule has 0 amide bonds. The van der Waals surface area contributed by atoms with Crippen LogP contribution in [0.3, 0.4) is 0 Å². The van der Waals surface area contributed by atoms with E-state index in [-0.39, 0.29) is 0 Å². The summed E-state index contributed by atoms with van der Waals surface area (Å²) >= 11 is 0. The van der Waals surface area contributed by atoms with E-state index in [0.717, 1.165) is 6.54 Å². The van der Waals surface area contributed by atoms with Crippen molar-refractivity contribution in [1.82, 2.24) is 9.80 Å². The van der Waals surface area contributed by atoms with E-state index in [4.69, 9.17) is 0 Å². The van der Waals surface area contributed by atoms with Gasteiger partial charge in [-0.3, -0.25) is 4.90 Å². The molecular formula is C16H26N2. The van der Waals surface area contributed by atoms with Crippen LogP contribution in [0.1, 0.15) is 37.3 Å². The van der Waals surface area contributed by atoms with Crippen molar-refractivity contribution >= 4 is 0 Å². The quantitative estimate of drug-likeness (QED) is 0.787. The van der Waals surface area contributed by atoms with Crippen molar-refractivity contribution in [2.75, 3.05) is 33.7 Å². The molecule has 1 aromatic rings. The van der Waals surface area contributed by atoms with Gasteiger partial charge in [-0.2, -0.15) is 0 Å². The maximum atomic E-state index is 2.68. The van der Waals surface area contributed by atoms with E-state index in [0.29, 0.717) is 6.04 Å². The van der Waals surface area contributed by atoms with Gasteiger partial charge >= 0.3 is 0 Å². The highest BCUT2D eigenvalue weighted by atomic mass is 15.2. The summed E-state index contributed by atoms with van der Waals surface area (Å²) in [6.07, 6.45) is 5.37. The van der Waals surface area contributed by atoms with Crippen LogP contribution < -0.4 is 0 Å². The Hall–Kier alpha value is -0.860. The van der Waals surface area contributed by atoms with Crippen molar-refractivity contribution < 1.29 is 0 Å². The molecule has 2 nitrogen and oxygen atoms in total. The molecule has 1 saturated heterocycles. The van der Waals surface area contributed by atoms with Crippen molar-refractivity contribution in [2.24, 2.45) is 0 Å². The molecule has 0 radical (unpaired) electrons. The average Bonchev–Trinajstić information content (AvgIpc) is 2.41. The Morgan fingerprint density at radius 2 is 1.72 bits per heavy atom. The summed E-state index contributed by atoms with van der Waals surface area (Å²) in [5.74, 6) is 0. The fourth-order valence-electron chi connectivity index (χ4n) is 2.85. The molecule has 2 rings (SSSR count). The lowest BCUT2D eigenvalue weighted by Crippen LogP contribution is -2.35. The van der Waals surface area contributed by atoms with E-state index < -0.39 is 0 Å². The molecule has 1 heterocycles. The number of benzene rings is 1. The molecule has 0 bridgehead atoms. The Morgan fingerprint density at radius 3 is 2.33 bits per heavy atom. The lowest BCUT2D eigenvalue weighted by Gasteiger charge is -2.35. The van der Waals surface area contributed by atoms with Crippen molar-refractivity contribution in [2.45, 2.75) is 31.7 Å². The summed E-state index contributed by atoms with van der Waals surface area (Å²) in [4.78, 5) is 4.97. The standard InChI is InChI=1S/C16H26N2/c1-17(2)14-11-16(15-9-5-3-6-10-15)18-12-7-4-8-13-18/h3,5-6,9-10,16H,4,7-8,11-14H2,1-2H3. The normalized spacial score (nSPS) is 19.1. The molecule has 1 aromatic carbocycles. The Labute approximate surface area is 112 Å². The molecule has 0 saturated carbocycles. The van der Waals surface area contributed by atoms with Crippen LogP contribution >= 0.6 is 0 Å². The third kappa shape index (κ3) is 3.82. The molecule has 1 fully saturated rings. The van der Waals surface area contributed by atoms with Crippen LogP contribution in [-0.4, -0.2) is 43.5 Å². The first-order valence-corrected chi connectivity index (χ1v) is 7.21. The largest absolute Gasteiger partial charge is 0.309 e. The summed E-state index contributed by atoms with van der Waals surface area (Å²) in [5, 5.41) is 0. The zero-order valence-electron chi connectivity index (χ0n) is 11.8. The van der Waals surface area contributed by atoms with E-state index in [1.807, 2.05) is 0 Å². The minimum atomic E-state index is 0.605. The molecule has 1 aliphatic rings. The van der Waals surface area contributed by atoms with Gasteiger partial charge < -0.3 is 4.90 Å². The van der Waals surface area contributed by atoms with Gasteiger partial charge in [-0.15, -0.1) is 0 Å². The number of rotatable bonds is 5. The van der Waals surface area contributed by atoms with Crippen LogP contribution in [0, 0.1) is 0 Å². The van der Waals surface area contributed by atoms with E-state index in [2.05, 4.69) is 54.2 Å². The second kappa shape index (κ2) is 6.91. The highest BCUT2D eigenvalue weighted by molar-refractivity contribution is 5.19. The lowest BCUT2D eigenvalue weighted by atomic mass is 9.99. The molecule has 1 unspecified atom stereocenters. The van der Waals surface area contributed by atoms with E-state index in [1.165, 1.54) is 44.3 Å². The van der Waals surface area contributed by atoms with Gasteiger partial charge in [0.1, 0.15) is 0 Å². The molecule has 0 aliphatic carbocycles. The average molecular weight is 246 g/mol. The minimum Gasteiger partial charge on any atom is -0.309 e. The lowest BCUT2D eigenvalue weighted by molar-refractivity contribution is 0.147. The molecule has 18 heavy (non-hydrogen) atoms. The molecule has 0 spiro atoms. The van der Waals surface area contributed by atoms with Gasteiger partial charge in [-0.05, 0) is 58.6 Å². The first-order valence-electron chi connectivity index (χ1n) is 7.21. The summed E-state index contributed by atoms with van der Waals surface area (Å²) in [6.45, 7) is 3.70. The Balaban J connectivity index is 2.06. The topological polar surface area (TPSA) is 6.48 Å². The van der Waals surface area contributed by atoms with Gasteiger partial charge in [-0.1, -0.05) is 36.8 Å². The number of hydrogen-bond acceptors (Lipinski definition) is 2. The van der Waals surface area contributed by atoms with Gasteiger partial charge in [-0.25, -0.2) is 0 Å². The third-order valence-electron chi connectivity index (χ3n) is 3.87. The van der Waals surface area contributed by atoms with Crippen LogP contribution in [0.25, 0.3) is 0 Å². The van der Waals surface area contributed by atoms with Crippen molar-refractivity contribution in [3.8, 4) is 0 Å². The minimum absolute atomic E-state index is 0.605. The Kier molecular flexibility index (Phi) is 5.21. The summed E-state index contributed by atoms with van der Waals surface area (Å²) in [5.41, 5.74) is 1.49. The van der Waals surface area contributed by atoms with Crippen molar-refractivity contribution in [3.63, 3.8) is 0 Å². The highest BCUT2D eigenvalue weighted by Crippen LogP contribution is 2.27. The van der Waals surface area contributed by atoms with Gasteiger partial charge in [0.15, 0.2) is 0 Å². The zero-order chi connectivity index (χ0) is 12.8. The van der Waals surface area contributed by atoms with E-state index >= 15 is 0 Å². The zero-order valence-corrected chi connectivity index (χ0v) is 11.8. The SMILES string of the molecule is CN(C)CCC(c1ccccc1)N1CCCCC1. The Morgan fingerprint density at radius 1 is 1.06 bits per heavy atom. The summed E-state index contributed by atoms with van der Waals surface area (Å²) < 4.78 is 0. The molecule has 100 valence electrons. The Bertz CT molecular complexity index is 328. The highest BCUT2D eigenvalue weighted by Gasteiger charge is 2.21. The van der Waals surface area contributed by atoms with E-state index in [9.17, 15) is 0 Å². The maximum absolute atomic E-state index is 2.68. The van der Waals surface area contributed by atoms with Crippen LogP contribution in [0.15, 0.2) is 30.3 Å². The number of likely N-dealkylation sites (tertiary alicyclic amines) is 1. The number of hydrogen-bond donors (Lipinski definition) is 0. The second-order valence-corrected chi connectivity index (χ2v) is 5.62. The van der Waals surface area contributed by atoms with Crippen LogP contribution in [-0.2, 0) is 0 Å². The van der Waals surface area contributed by atoms with Crippen LogP contribution in [0.2, 0.25) is 0 Å². The maximum Gasteiger partial charge on any atom is 0.0360 e. The first kappa shape index (κ1) is 13.6. The first-order chi connectivity index (χ1) is 8.77. The summed E-state index contributed by atoms with van der Waals surface area (Å²) in [7, 11) is 4.33. The number of piperidine rings is 1.